The summed E-state index contributed by atoms with van der Waals surface area (Å²) in [5.74, 6) is 0.924. The van der Waals surface area contributed by atoms with Crippen molar-refractivity contribution in [2.75, 3.05) is 40.3 Å². The van der Waals surface area contributed by atoms with Gasteiger partial charge in [0.2, 0.25) is 0 Å². The topological polar surface area (TPSA) is 15.7 Å². The van der Waals surface area contributed by atoms with Gasteiger partial charge in [-0.05, 0) is 58.3 Å². The molecule has 0 unspecified atom stereocenters. The van der Waals surface area contributed by atoms with E-state index < -0.39 is 0 Å². The lowest BCUT2D eigenvalue weighted by atomic mass is 9.86. The normalized spacial score (nSPS) is 31.8. The highest BCUT2D eigenvalue weighted by molar-refractivity contribution is 4.88. The number of methoxy groups -OCH3 is 1. The van der Waals surface area contributed by atoms with Crippen molar-refractivity contribution in [1.82, 2.24) is 9.80 Å². The molecule has 0 aromatic rings. The molecule has 100 valence electrons. The Morgan fingerprint density at radius 3 is 2.41 bits per heavy atom. The van der Waals surface area contributed by atoms with Crippen LogP contribution in [0.25, 0.3) is 0 Å². The first-order valence-corrected chi connectivity index (χ1v) is 7.18. The number of likely N-dealkylation sites (tertiary alicyclic amines) is 1. The molecule has 1 saturated carbocycles. The third-order valence-corrected chi connectivity index (χ3v) is 4.66. The van der Waals surface area contributed by atoms with Crippen LogP contribution in [0.15, 0.2) is 0 Å². The molecule has 1 aliphatic heterocycles. The smallest absolute Gasteiger partial charge is 0.0601 e. The Morgan fingerprint density at radius 1 is 1.24 bits per heavy atom. The molecule has 1 saturated heterocycles. The first kappa shape index (κ1) is 13.3. The van der Waals surface area contributed by atoms with Crippen LogP contribution in [0.3, 0.4) is 0 Å². The minimum atomic E-state index is 0.534. The molecule has 3 heteroatoms. The van der Waals surface area contributed by atoms with Crippen LogP contribution in [0.5, 0.6) is 0 Å². The highest BCUT2D eigenvalue weighted by Crippen LogP contribution is 2.29. The van der Waals surface area contributed by atoms with E-state index in [9.17, 15) is 0 Å². The standard InChI is InChI=1S/C14H28N2O/c1-4-16(13-9-14(10-13)17-3)11-12-5-7-15(2)8-6-12/h12-14H,4-11H2,1-3H3/t13-,14-. The van der Waals surface area contributed by atoms with E-state index in [4.69, 9.17) is 4.74 Å². The summed E-state index contributed by atoms with van der Waals surface area (Å²) in [5.41, 5.74) is 0. The molecule has 0 bridgehead atoms. The molecule has 17 heavy (non-hydrogen) atoms. The highest BCUT2D eigenvalue weighted by Gasteiger charge is 2.34. The van der Waals surface area contributed by atoms with Gasteiger partial charge in [0, 0.05) is 19.7 Å². The fraction of sp³-hybridized carbons (Fsp3) is 1.00. The van der Waals surface area contributed by atoms with E-state index in [0.29, 0.717) is 6.10 Å². The van der Waals surface area contributed by atoms with Crippen LogP contribution in [-0.2, 0) is 4.74 Å². The second-order valence-electron chi connectivity index (χ2n) is 5.82. The van der Waals surface area contributed by atoms with Gasteiger partial charge in [0.15, 0.2) is 0 Å². The molecular weight excluding hydrogens is 212 g/mol. The molecule has 0 N–H and O–H groups in total. The van der Waals surface area contributed by atoms with Crippen LogP contribution in [-0.4, -0.2) is 62.3 Å². The van der Waals surface area contributed by atoms with Gasteiger partial charge in [-0.25, -0.2) is 0 Å². The third kappa shape index (κ3) is 3.43. The van der Waals surface area contributed by atoms with Crippen molar-refractivity contribution in [3.05, 3.63) is 0 Å². The zero-order valence-corrected chi connectivity index (χ0v) is 11.7. The van der Waals surface area contributed by atoms with Crippen LogP contribution in [0.2, 0.25) is 0 Å². The Labute approximate surface area is 106 Å². The molecule has 2 aliphatic rings. The van der Waals surface area contributed by atoms with E-state index in [0.717, 1.165) is 12.0 Å². The number of ether oxygens (including phenoxy) is 1. The van der Waals surface area contributed by atoms with Crippen molar-refractivity contribution >= 4 is 0 Å². The fourth-order valence-corrected chi connectivity index (χ4v) is 3.14. The Morgan fingerprint density at radius 2 is 1.88 bits per heavy atom. The summed E-state index contributed by atoms with van der Waals surface area (Å²) in [7, 11) is 4.08. The molecule has 0 aromatic heterocycles. The summed E-state index contributed by atoms with van der Waals surface area (Å²) in [4.78, 5) is 5.14. The molecule has 2 rings (SSSR count). The number of nitrogens with zero attached hydrogens (tertiary/aromatic N) is 2. The van der Waals surface area contributed by atoms with Gasteiger partial charge in [0.05, 0.1) is 6.10 Å². The van der Waals surface area contributed by atoms with Crippen LogP contribution in [0.1, 0.15) is 32.6 Å². The minimum Gasteiger partial charge on any atom is -0.381 e. The summed E-state index contributed by atoms with van der Waals surface area (Å²) < 4.78 is 5.38. The van der Waals surface area contributed by atoms with Gasteiger partial charge in [-0.1, -0.05) is 6.92 Å². The molecule has 1 aliphatic carbocycles. The van der Waals surface area contributed by atoms with Crippen molar-refractivity contribution in [3.63, 3.8) is 0 Å². The van der Waals surface area contributed by atoms with Gasteiger partial charge >= 0.3 is 0 Å². The lowest BCUT2D eigenvalue weighted by molar-refractivity contribution is -0.0319. The van der Waals surface area contributed by atoms with Crippen molar-refractivity contribution in [3.8, 4) is 0 Å². The third-order valence-electron chi connectivity index (χ3n) is 4.66. The van der Waals surface area contributed by atoms with Crippen LogP contribution < -0.4 is 0 Å². The summed E-state index contributed by atoms with van der Waals surface area (Å²) >= 11 is 0. The van der Waals surface area contributed by atoms with Gasteiger partial charge in [0.1, 0.15) is 0 Å². The molecule has 0 amide bonds. The van der Waals surface area contributed by atoms with E-state index >= 15 is 0 Å². The largest absolute Gasteiger partial charge is 0.381 e. The maximum atomic E-state index is 5.38. The summed E-state index contributed by atoms with van der Waals surface area (Å²) in [6, 6.07) is 0.796. The second-order valence-corrected chi connectivity index (χ2v) is 5.82. The molecule has 1 heterocycles. The lowest BCUT2D eigenvalue weighted by Crippen LogP contribution is -2.50. The van der Waals surface area contributed by atoms with E-state index in [1.165, 1.54) is 51.9 Å². The van der Waals surface area contributed by atoms with Crippen LogP contribution in [0.4, 0.5) is 0 Å². The Balaban J connectivity index is 1.72. The summed E-state index contributed by atoms with van der Waals surface area (Å²) in [5, 5.41) is 0. The van der Waals surface area contributed by atoms with E-state index in [1.54, 1.807) is 0 Å². The monoisotopic (exact) mass is 240 g/mol. The Bertz CT molecular complexity index is 220. The zero-order valence-electron chi connectivity index (χ0n) is 11.7. The van der Waals surface area contributed by atoms with Crippen LogP contribution >= 0.6 is 0 Å². The maximum Gasteiger partial charge on any atom is 0.0601 e. The van der Waals surface area contributed by atoms with Gasteiger partial charge in [0.25, 0.3) is 0 Å². The summed E-state index contributed by atoms with van der Waals surface area (Å²) in [6.45, 7) is 7.38. The number of hydrogen-bond donors (Lipinski definition) is 0. The molecule has 0 spiro atoms. The molecule has 3 nitrogen and oxygen atoms in total. The summed E-state index contributed by atoms with van der Waals surface area (Å²) in [6.07, 6.45) is 5.79. The van der Waals surface area contributed by atoms with E-state index in [2.05, 4.69) is 23.8 Å². The van der Waals surface area contributed by atoms with Crippen molar-refractivity contribution in [2.24, 2.45) is 5.92 Å². The first-order valence-electron chi connectivity index (χ1n) is 7.18. The lowest BCUT2D eigenvalue weighted by Gasteiger charge is -2.44. The SMILES string of the molecule is CCN(CC1CCN(C)CC1)[C@H]1C[C@H](OC)C1. The highest BCUT2D eigenvalue weighted by atomic mass is 16.5. The Hall–Kier alpha value is -0.120. The van der Waals surface area contributed by atoms with Crippen molar-refractivity contribution in [2.45, 2.75) is 44.8 Å². The number of piperidine rings is 1. The van der Waals surface area contributed by atoms with Gasteiger partial charge in [-0.3, -0.25) is 0 Å². The van der Waals surface area contributed by atoms with Crippen molar-refractivity contribution < 1.29 is 4.74 Å². The average Bonchev–Trinajstić information content (AvgIpc) is 2.29. The Kier molecular flexibility index (Phi) is 4.83. The fourth-order valence-electron chi connectivity index (χ4n) is 3.14. The van der Waals surface area contributed by atoms with Crippen LogP contribution in [0, 0.1) is 5.92 Å². The van der Waals surface area contributed by atoms with E-state index in [-0.39, 0.29) is 0 Å². The van der Waals surface area contributed by atoms with Crippen molar-refractivity contribution in [1.29, 1.82) is 0 Å². The number of hydrogen-bond acceptors (Lipinski definition) is 3. The average molecular weight is 240 g/mol. The molecular formula is C14H28N2O. The zero-order chi connectivity index (χ0) is 12.3. The van der Waals surface area contributed by atoms with Gasteiger partial charge in [-0.15, -0.1) is 0 Å². The van der Waals surface area contributed by atoms with Gasteiger partial charge < -0.3 is 14.5 Å². The predicted octanol–water partition coefficient (Wildman–Crippen LogP) is 1.83. The van der Waals surface area contributed by atoms with Gasteiger partial charge in [-0.2, -0.15) is 0 Å². The molecule has 2 fully saturated rings. The quantitative estimate of drug-likeness (QED) is 0.729. The number of rotatable bonds is 5. The predicted molar refractivity (Wildman–Crippen MR) is 71.3 cm³/mol. The van der Waals surface area contributed by atoms with E-state index in [1.807, 2.05) is 7.11 Å². The maximum absolute atomic E-state index is 5.38. The molecule has 0 atom stereocenters. The second kappa shape index (κ2) is 6.17. The molecule has 0 radical (unpaired) electrons. The minimum absolute atomic E-state index is 0.534. The first-order chi connectivity index (χ1) is 8.22. The molecule has 0 aromatic carbocycles.